The summed E-state index contributed by atoms with van der Waals surface area (Å²) in [6, 6.07) is 12.4. The maximum absolute atomic E-state index is 12.1. The van der Waals surface area contributed by atoms with Gasteiger partial charge in [-0.1, -0.05) is 24.0 Å². The van der Waals surface area contributed by atoms with E-state index < -0.39 is 6.36 Å². The van der Waals surface area contributed by atoms with E-state index in [-0.39, 0.29) is 5.75 Å². The van der Waals surface area contributed by atoms with E-state index in [1.165, 1.54) is 18.2 Å². The number of rotatable bonds is 1. The smallest absolute Gasteiger partial charge is 0.406 e. The predicted octanol–water partition coefficient (Wildman–Crippen LogP) is 3.57. The Morgan fingerprint density at radius 1 is 0.900 bits per heavy atom. The molecule has 20 heavy (non-hydrogen) atoms. The van der Waals surface area contributed by atoms with Crippen molar-refractivity contribution in [2.45, 2.75) is 6.36 Å². The highest BCUT2D eigenvalue weighted by atomic mass is 19.4. The Morgan fingerprint density at radius 2 is 1.50 bits per heavy atom. The van der Waals surface area contributed by atoms with Gasteiger partial charge in [0.25, 0.3) is 0 Å². The third-order valence-electron chi connectivity index (χ3n) is 2.31. The number of halogens is 3. The molecule has 0 saturated heterocycles. The normalized spacial score (nSPS) is 10.6. The fourth-order valence-electron chi connectivity index (χ4n) is 1.53. The van der Waals surface area contributed by atoms with Crippen LogP contribution in [0.5, 0.6) is 5.75 Å². The first-order chi connectivity index (χ1) is 9.42. The second-order valence-electron chi connectivity index (χ2n) is 3.95. The lowest BCUT2D eigenvalue weighted by Gasteiger charge is -2.08. The molecule has 2 aromatic rings. The summed E-state index contributed by atoms with van der Waals surface area (Å²) in [5.41, 5.74) is 7.30. The van der Waals surface area contributed by atoms with Crippen molar-refractivity contribution < 1.29 is 17.9 Å². The fraction of sp³-hybridized carbons (Fsp3) is 0.0667. The summed E-state index contributed by atoms with van der Waals surface area (Å²) in [6.45, 7) is 0. The summed E-state index contributed by atoms with van der Waals surface area (Å²) in [4.78, 5) is 0. The molecule has 2 rings (SSSR count). The SMILES string of the molecule is Nc1cccc(C#Cc2cccc(OC(F)(F)F)c2)c1. The predicted molar refractivity (Wildman–Crippen MR) is 70.0 cm³/mol. The van der Waals surface area contributed by atoms with E-state index in [1.807, 2.05) is 0 Å². The molecule has 0 saturated carbocycles. The molecule has 0 heterocycles. The summed E-state index contributed by atoms with van der Waals surface area (Å²) in [7, 11) is 0. The van der Waals surface area contributed by atoms with Crippen LogP contribution in [0.3, 0.4) is 0 Å². The van der Waals surface area contributed by atoms with Gasteiger partial charge in [0.2, 0.25) is 0 Å². The van der Waals surface area contributed by atoms with E-state index >= 15 is 0 Å². The molecule has 0 radical (unpaired) electrons. The van der Waals surface area contributed by atoms with Crippen molar-refractivity contribution in [3.63, 3.8) is 0 Å². The molecule has 2 aromatic carbocycles. The molecule has 5 heteroatoms. The number of nitrogen functional groups attached to an aromatic ring is 1. The Hall–Kier alpha value is -2.61. The third kappa shape index (κ3) is 4.25. The van der Waals surface area contributed by atoms with Gasteiger partial charge in [-0.3, -0.25) is 0 Å². The van der Waals surface area contributed by atoms with Crippen LogP contribution in [0.25, 0.3) is 0 Å². The number of hydrogen-bond acceptors (Lipinski definition) is 2. The molecule has 102 valence electrons. The Labute approximate surface area is 114 Å². The van der Waals surface area contributed by atoms with E-state index in [2.05, 4.69) is 16.6 Å². The Kier molecular flexibility index (Phi) is 3.85. The van der Waals surface area contributed by atoms with Gasteiger partial charge in [0.1, 0.15) is 5.75 Å². The molecule has 0 aliphatic heterocycles. The molecule has 2 N–H and O–H groups in total. The first-order valence-corrected chi connectivity index (χ1v) is 5.66. The second-order valence-corrected chi connectivity index (χ2v) is 3.95. The van der Waals surface area contributed by atoms with Crippen LogP contribution >= 0.6 is 0 Å². The molecule has 0 spiro atoms. The monoisotopic (exact) mass is 277 g/mol. The standard InChI is InChI=1S/C15H10F3NO/c16-15(17,18)20-14-6-2-4-12(10-14)8-7-11-3-1-5-13(19)9-11/h1-6,9-10H,19H2. The zero-order valence-electron chi connectivity index (χ0n) is 10.2. The Morgan fingerprint density at radius 3 is 2.10 bits per heavy atom. The average molecular weight is 277 g/mol. The molecule has 0 aliphatic rings. The first kappa shape index (κ1) is 13.8. The summed E-state index contributed by atoms with van der Waals surface area (Å²) in [5, 5.41) is 0. The van der Waals surface area contributed by atoms with Gasteiger partial charge < -0.3 is 10.5 Å². The lowest BCUT2D eigenvalue weighted by Crippen LogP contribution is -2.17. The van der Waals surface area contributed by atoms with E-state index in [0.29, 0.717) is 16.8 Å². The van der Waals surface area contributed by atoms with Crippen LogP contribution in [0.15, 0.2) is 48.5 Å². The number of nitrogens with two attached hydrogens (primary N) is 1. The maximum atomic E-state index is 12.1. The van der Waals surface area contributed by atoms with Crippen LogP contribution in [-0.2, 0) is 0 Å². The number of benzene rings is 2. The summed E-state index contributed by atoms with van der Waals surface area (Å²) in [6.07, 6.45) is -4.71. The van der Waals surface area contributed by atoms with Gasteiger partial charge in [-0.25, -0.2) is 0 Å². The summed E-state index contributed by atoms with van der Waals surface area (Å²) in [5.74, 6) is 5.29. The van der Waals surface area contributed by atoms with E-state index in [9.17, 15) is 13.2 Å². The van der Waals surface area contributed by atoms with Crippen LogP contribution in [0.2, 0.25) is 0 Å². The Balaban J connectivity index is 2.21. The van der Waals surface area contributed by atoms with Crippen LogP contribution in [-0.4, -0.2) is 6.36 Å². The van der Waals surface area contributed by atoms with E-state index in [0.717, 1.165) is 0 Å². The number of alkyl halides is 3. The maximum Gasteiger partial charge on any atom is 0.573 e. The number of ether oxygens (including phenoxy) is 1. The lowest BCUT2D eigenvalue weighted by atomic mass is 10.1. The summed E-state index contributed by atoms with van der Waals surface area (Å²) >= 11 is 0. The van der Waals surface area contributed by atoms with Crippen molar-refractivity contribution in [1.82, 2.24) is 0 Å². The highest BCUT2D eigenvalue weighted by Crippen LogP contribution is 2.23. The molecule has 0 aliphatic carbocycles. The molecule has 0 fully saturated rings. The highest BCUT2D eigenvalue weighted by Gasteiger charge is 2.30. The molecule has 0 unspecified atom stereocenters. The minimum Gasteiger partial charge on any atom is -0.406 e. The number of anilines is 1. The van der Waals surface area contributed by atoms with Gasteiger partial charge >= 0.3 is 6.36 Å². The number of hydrogen-bond donors (Lipinski definition) is 1. The second kappa shape index (κ2) is 5.57. The van der Waals surface area contributed by atoms with Crippen LogP contribution < -0.4 is 10.5 Å². The van der Waals surface area contributed by atoms with Crippen molar-refractivity contribution in [3.8, 4) is 17.6 Å². The zero-order valence-corrected chi connectivity index (χ0v) is 10.2. The van der Waals surface area contributed by atoms with Gasteiger partial charge in [0.05, 0.1) is 0 Å². The van der Waals surface area contributed by atoms with E-state index in [1.54, 1.807) is 30.3 Å². The quantitative estimate of drug-likeness (QED) is 0.639. The summed E-state index contributed by atoms with van der Waals surface area (Å²) < 4.78 is 40.1. The molecular formula is C15H10F3NO. The molecule has 0 bridgehead atoms. The minimum atomic E-state index is -4.71. The molecule has 0 atom stereocenters. The van der Waals surface area contributed by atoms with Gasteiger partial charge in [-0.2, -0.15) is 0 Å². The van der Waals surface area contributed by atoms with Crippen molar-refractivity contribution in [2.24, 2.45) is 0 Å². The van der Waals surface area contributed by atoms with Crippen LogP contribution in [0.1, 0.15) is 11.1 Å². The van der Waals surface area contributed by atoms with Crippen molar-refractivity contribution in [3.05, 3.63) is 59.7 Å². The van der Waals surface area contributed by atoms with Crippen LogP contribution in [0, 0.1) is 11.8 Å². The first-order valence-electron chi connectivity index (χ1n) is 5.66. The molecule has 2 nitrogen and oxygen atoms in total. The molecule has 0 aromatic heterocycles. The van der Waals surface area contributed by atoms with Crippen LogP contribution in [0.4, 0.5) is 18.9 Å². The lowest BCUT2D eigenvalue weighted by molar-refractivity contribution is -0.274. The van der Waals surface area contributed by atoms with Crippen molar-refractivity contribution >= 4 is 5.69 Å². The highest BCUT2D eigenvalue weighted by molar-refractivity contribution is 5.50. The van der Waals surface area contributed by atoms with E-state index in [4.69, 9.17) is 5.73 Å². The van der Waals surface area contributed by atoms with Gasteiger partial charge in [0.15, 0.2) is 0 Å². The van der Waals surface area contributed by atoms with Gasteiger partial charge in [0, 0.05) is 16.8 Å². The molecular weight excluding hydrogens is 267 g/mol. The van der Waals surface area contributed by atoms with Gasteiger partial charge in [-0.05, 0) is 36.4 Å². The van der Waals surface area contributed by atoms with Gasteiger partial charge in [-0.15, -0.1) is 13.2 Å². The topological polar surface area (TPSA) is 35.2 Å². The minimum absolute atomic E-state index is 0.295. The van der Waals surface area contributed by atoms with Crippen molar-refractivity contribution in [2.75, 3.05) is 5.73 Å². The fourth-order valence-corrected chi connectivity index (χ4v) is 1.53. The third-order valence-corrected chi connectivity index (χ3v) is 2.31. The zero-order chi connectivity index (χ0) is 14.6. The Bertz CT molecular complexity index is 669. The molecule has 0 amide bonds. The van der Waals surface area contributed by atoms with Crippen molar-refractivity contribution in [1.29, 1.82) is 0 Å². The largest absolute Gasteiger partial charge is 0.573 e. The average Bonchev–Trinajstić information content (AvgIpc) is 2.35.